The summed E-state index contributed by atoms with van der Waals surface area (Å²) < 4.78 is 60.8. The van der Waals surface area contributed by atoms with E-state index in [0.717, 1.165) is 31.7 Å². The van der Waals surface area contributed by atoms with E-state index in [-0.39, 0.29) is 23.2 Å². The van der Waals surface area contributed by atoms with E-state index in [1.54, 1.807) is 10.8 Å². The zero-order valence-electron chi connectivity index (χ0n) is 24.0. The number of fused-ring (bicyclic) bond motifs is 1. The van der Waals surface area contributed by atoms with Gasteiger partial charge in [-0.15, -0.1) is 0 Å². The molecule has 1 aliphatic rings. The Balaban J connectivity index is 1.43. The third-order valence-corrected chi connectivity index (χ3v) is 8.69. The molecule has 0 unspecified atom stereocenters. The van der Waals surface area contributed by atoms with Gasteiger partial charge in [0.2, 0.25) is 0 Å². The monoisotopic (exact) mass is 627 g/mol. The van der Waals surface area contributed by atoms with Crippen molar-refractivity contribution < 1.29 is 32.2 Å². The Kier molecular flexibility index (Phi) is 10.8. The molecule has 1 saturated heterocycles. The summed E-state index contributed by atoms with van der Waals surface area (Å²) in [6.45, 7) is 11.8. The number of halogens is 4. The molecule has 42 heavy (non-hydrogen) atoms. The van der Waals surface area contributed by atoms with Gasteiger partial charge in [-0.2, -0.15) is 13.2 Å². The maximum Gasteiger partial charge on any atom is 0.420 e. The van der Waals surface area contributed by atoms with Crippen LogP contribution in [-0.4, -0.2) is 74.6 Å². The topological polar surface area (TPSA) is 89.9 Å². The van der Waals surface area contributed by atoms with Crippen LogP contribution in [0.1, 0.15) is 12.0 Å². The lowest BCUT2D eigenvalue weighted by molar-refractivity contribution is -0.138. The standard InChI is InChI=1S/C28H37ClF3N5O4Si/c1-42(2,3)16-15-40-19-37-18-22(29)25-24(7-9-33-26(25)37)41-23-6-5-20(17-21(23)28(30,31)32)35-27(38)34-8-4-10-36-11-13-39-14-12-36/h5-7,9,17-18H,4,8,10-16,19H2,1-3H3,(H2,34,35,38). The molecule has 4 rings (SSSR count). The van der Waals surface area contributed by atoms with Crippen molar-refractivity contribution >= 4 is 42.4 Å². The van der Waals surface area contributed by atoms with E-state index in [1.807, 2.05) is 0 Å². The summed E-state index contributed by atoms with van der Waals surface area (Å²) in [7, 11) is -1.26. The predicted molar refractivity (Wildman–Crippen MR) is 159 cm³/mol. The maximum atomic E-state index is 14.1. The largest absolute Gasteiger partial charge is 0.456 e. The number of hydrogen-bond acceptors (Lipinski definition) is 6. The molecule has 3 aromatic rings. The Labute approximate surface area is 249 Å². The number of hydrogen-bond donors (Lipinski definition) is 2. The number of morpholine rings is 1. The average molecular weight is 628 g/mol. The molecule has 0 saturated carbocycles. The van der Waals surface area contributed by atoms with Crippen molar-refractivity contribution in [3.8, 4) is 11.5 Å². The van der Waals surface area contributed by atoms with Gasteiger partial charge in [0.05, 0.1) is 23.6 Å². The number of rotatable bonds is 12. The number of urea groups is 1. The van der Waals surface area contributed by atoms with Crippen LogP contribution in [0, 0.1) is 0 Å². The van der Waals surface area contributed by atoms with Crippen LogP contribution < -0.4 is 15.4 Å². The molecule has 9 nitrogen and oxygen atoms in total. The lowest BCUT2D eigenvalue weighted by atomic mass is 10.1. The van der Waals surface area contributed by atoms with Crippen LogP contribution >= 0.6 is 11.6 Å². The van der Waals surface area contributed by atoms with Gasteiger partial charge >= 0.3 is 12.2 Å². The van der Waals surface area contributed by atoms with Gasteiger partial charge in [-0.05, 0) is 43.3 Å². The molecule has 2 N–H and O–H groups in total. The van der Waals surface area contributed by atoms with Crippen LogP contribution in [0.4, 0.5) is 23.7 Å². The van der Waals surface area contributed by atoms with E-state index in [0.29, 0.717) is 43.8 Å². The van der Waals surface area contributed by atoms with E-state index < -0.39 is 31.6 Å². The highest BCUT2D eigenvalue weighted by Crippen LogP contribution is 2.42. The van der Waals surface area contributed by atoms with Crippen molar-refractivity contribution in [3.63, 3.8) is 0 Å². The van der Waals surface area contributed by atoms with Gasteiger partial charge in [0.25, 0.3) is 0 Å². The molecule has 2 aromatic heterocycles. The van der Waals surface area contributed by atoms with Crippen LogP contribution in [0.25, 0.3) is 11.0 Å². The number of amides is 2. The highest BCUT2D eigenvalue weighted by atomic mass is 35.5. The second kappa shape index (κ2) is 14.1. The van der Waals surface area contributed by atoms with Crippen LogP contribution in [0.5, 0.6) is 11.5 Å². The number of pyridine rings is 1. The lowest BCUT2D eigenvalue weighted by Crippen LogP contribution is -2.38. The van der Waals surface area contributed by atoms with Gasteiger partial charge in [-0.1, -0.05) is 31.2 Å². The predicted octanol–water partition coefficient (Wildman–Crippen LogP) is 6.66. The number of nitrogens with zero attached hydrogens (tertiary/aromatic N) is 3. The summed E-state index contributed by atoms with van der Waals surface area (Å²) in [5, 5.41) is 5.81. The Hall–Kier alpha value is -2.84. The van der Waals surface area contributed by atoms with Gasteiger partial charge in [0.15, 0.2) is 0 Å². The van der Waals surface area contributed by atoms with E-state index >= 15 is 0 Å². The Bertz CT molecular complexity index is 1360. The Morgan fingerprint density at radius 2 is 1.93 bits per heavy atom. The molecule has 0 radical (unpaired) electrons. The smallest absolute Gasteiger partial charge is 0.420 e. The third-order valence-electron chi connectivity index (χ3n) is 6.70. The molecule has 14 heteroatoms. The van der Waals surface area contributed by atoms with E-state index in [1.165, 1.54) is 24.4 Å². The van der Waals surface area contributed by atoms with Gasteiger partial charge in [0.1, 0.15) is 29.4 Å². The van der Waals surface area contributed by atoms with Gasteiger partial charge in [0, 0.05) is 52.4 Å². The molecule has 230 valence electrons. The number of carbonyl (C=O) groups is 1. The van der Waals surface area contributed by atoms with Crippen molar-refractivity contribution in [2.24, 2.45) is 0 Å². The van der Waals surface area contributed by atoms with Crippen molar-refractivity contribution in [2.45, 2.75) is 45.0 Å². The highest BCUT2D eigenvalue weighted by molar-refractivity contribution is 6.76. The number of anilines is 1. The number of alkyl halides is 3. The lowest BCUT2D eigenvalue weighted by Gasteiger charge is -2.26. The minimum atomic E-state index is -4.74. The van der Waals surface area contributed by atoms with Crippen LogP contribution in [0.15, 0.2) is 36.7 Å². The molecule has 0 spiro atoms. The minimum Gasteiger partial charge on any atom is -0.456 e. The number of aromatic nitrogens is 2. The second-order valence-corrected chi connectivity index (χ2v) is 17.3. The second-order valence-electron chi connectivity index (χ2n) is 11.3. The Morgan fingerprint density at radius 1 is 1.17 bits per heavy atom. The fraction of sp³-hybridized carbons (Fsp3) is 0.500. The molecule has 1 aliphatic heterocycles. The number of benzene rings is 1. The van der Waals surface area contributed by atoms with E-state index in [4.69, 9.17) is 25.8 Å². The van der Waals surface area contributed by atoms with Gasteiger partial charge < -0.3 is 29.4 Å². The zero-order chi connectivity index (χ0) is 30.3. The van der Waals surface area contributed by atoms with Gasteiger partial charge in [-0.3, -0.25) is 4.90 Å². The zero-order valence-corrected chi connectivity index (χ0v) is 25.8. The summed E-state index contributed by atoms with van der Waals surface area (Å²) >= 11 is 6.47. The minimum absolute atomic E-state index is 0.0140. The summed E-state index contributed by atoms with van der Waals surface area (Å²) in [6.07, 6.45) is -0.964. The number of carbonyl (C=O) groups excluding carboxylic acids is 1. The number of ether oxygens (including phenoxy) is 3. The van der Waals surface area contributed by atoms with Gasteiger partial charge in [-0.25, -0.2) is 9.78 Å². The fourth-order valence-electron chi connectivity index (χ4n) is 4.40. The maximum absolute atomic E-state index is 14.1. The molecule has 0 aliphatic carbocycles. The quantitative estimate of drug-likeness (QED) is 0.173. The summed E-state index contributed by atoms with van der Waals surface area (Å²) in [5.41, 5.74) is -0.620. The summed E-state index contributed by atoms with van der Waals surface area (Å²) in [5.74, 6) is -0.309. The molecule has 1 aromatic carbocycles. The average Bonchev–Trinajstić information content (AvgIpc) is 3.25. The first kappa shape index (κ1) is 32.1. The first-order valence-corrected chi connectivity index (χ1v) is 17.9. The van der Waals surface area contributed by atoms with Crippen molar-refractivity contribution in [3.05, 3.63) is 47.2 Å². The van der Waals surface area contributed by atoms with Crippen LogP contribution in [0.3, 0.4) is 0 Å². The van der Waals surface area contributed by atoms with Crippen molar-refractivity contribution in [1.82, 2.24) is 19.8 Å². The van der Waals surface area contributed by atoms with Crippen molar-refractivity contribution in [2.75, 3.05) is 51.3 Å². The summed E-state index contributed by atoms with van der Waals surface area (Å²) in [4.78, 5) is 18.9. The molecule has 0 atom stereocenters. The Morgan fingerprint density at radius 3 is 2.64 bits per heavy atom. The first-order valence-electron chi connectivity index (χ1n) is 13.9. The molecule has 2 amide bonds. The first-order chi connectivity index (χ1) is 19.9. The van der Waals surface area contributed by atoms with Crippen molar-refractivity contribution in [1.29, 1.82) is 0 Å². The summed E-state index contributed by atoms with van der Waals surface area (Å²) in [6, 6.07) is 5.24. The molecule has 3 heterocycles. The molecule has 0 bridgehead atoms. The number of nitrogens with one attached hydrogen (secondary N) is 2. The van der Waals surface area contributed by atoms with Crippen LogP contribution in [-0.2, 0) is 22.4 Å². The van der Waals surface area contributed by atoms with Crippen LogP contribution in [0.2, 0.25) is 30.7 Å². The SMILES string of the molecule is C[Si](C)(C)CCOCn1cc(Cl)c2c(Oc3ccc(NC(=O)NCCCN4CCOCC4)cc3C(F)(F)F)ccnc21. The molecule has 1 fully saturated rings. The van der Waals surface area contributed by atoms with E-state index in [9.17, 15) is 18.0 Å². The third kappa shape index (κ3) is 9.08. The molecular formula is C28H37ClF3N5O4Si. The fourth-order valence-corrected chi connectivity index (χ4v) is 5.46. The van der Waals surface area contributed by atoms with E-state index in [2.05, 4.69) is 40.2 Å². The molecular weight excluding hydrogens is 591 g/mol. The normalized spacial score (nSPS) is 14.7. The highest BCUT2D eigenvalue weighted by Gasteiger charge is 2.35.